The molecule has 1 aromatic rings. The van der Waals surface area contributed by atoms with Crippen molar-refractivity contribution in [2.24, 2.45) is 16.8 Å². The molecule has 0 bridgehead atoms. The van der Waals surface area contributed by atoms with Crippen molar-refractivity contribution < 1.29 is 14.1 Å². The van der Waals surface area contributed by atoms with E-state index >= 15 is 0 Å². The van der Waals surface area contributed by atoms with Crippen LogP contribution in [0.15, 0.2) is 15.6 Å². The number of esters is 1. The lowest BCUT2D eigenvalue weighted by Crippen LogP contribution is -2.40. The van der Waals surface area contributed by atoms with Crippen molar-refractivity contribution in [3.63, 3.8) is 0 Å². The second-order valence-electron chi connectivity index (χ2n) is 6.64. The van der Waals surface area contributed by atoms with E-state index in [1.807, 2.05) is 6.07 Å². The van der Waals surface area contributed by atoms with Gasteiger partial charge in [-0.05, 0) is 18.8 Å². The van der Waals surface area contributed by atoms with E-state index in [1.54, 1.807) is 7.05 Å². The van der Waals surface area contributed by atoms with Crippen LogP contribution in [0, 0.1) is 11.8 Å². The average molecular weight is 478 g/mol. The molecule has 0 aromatic carbocycles. The van der Waals surface area contributed by atoms with Gasteiger partial charge in [0.25, 0.3) is 0 Å². The van der Waals surface area contributed by atoms with E-state index in [4.69, 9.17) is 9.26 Å². The van der Waals surface area contributed by atoms with E-state index in [0.29, 0.717) is 19.0 Å². The Bertz CT molecular complexity index is 601. The van der Waals surface area contributed by atoms with Crippen molar-refractivity contribution in [2.45, 2.75) is 46.1 Å². The quantitative estimate of drug-likeness (QED) is 0.293. The molecule has 2 unspecified atom stereocenters. The number of methoxy groups -OCH3 is 1. The maximum Gasteiger partial charge on any atom is 0.310 e. The smallest absolute Gasteiger partial charge is 0.310 e. The monoisotopic (exact) mass is 478 g/mol. The molecule has 1 aliphatic rings. The summed E-state index contributed by atoms with van der Waals surface area (Å²) in [5.41, 5.74) is 1.01. The van der Waals surface area contributed by atoms with Crippen LogP contribution in [0.2, 0.25) is 0 Å². The van der Waals surface area contributed by atoms with Gasteiger partial charge < -0.3 is 19.5 Å². The van der Waals surface area contributed by atoms with Crippen LogP contribution >= 0.6 is 24.0 Å². The molecule has 1 aromatic heterocycles. The Morgan fingerprint density at radius 1 is 1.46 bits per heavy atom. The van der Waals surface area contributed by atoms with E-state index in [9.17, 15) is 4.79 Å². The van der Waals surface area contributed by atoms with Gasteiger partial charge in [-0.25, -0.2) is 0 Å². The van der Waals surface area contributed by atoms with Crippen LogP contribution in [0.5, 0.6) is 0 Å². The second kappa shape index (κ2) is 10.7. The SMILES string of the molecule is CCC(CC)c1cc(CNC(=NC)N2CC(C)C(C(=O)OC)C2)on1.I. The van der Waals surface area contributed by atoms with Crippen molar-refractivity contribution in [1.29, 1.82) is 0 Å². The zero-order valence-electron chi connectivity index (χ0n) is 16.3. The predicted molar refractivity (Wildman–Crippen MR) is 112 cm³/mol. The van der Waals surface area contributed by atoms with Crippen LogP contribution in [0.4, 0.5) is 0 Å². The number of hydrogen-bond donors (Lipinski definition) is 1. The van der Waals surface area contributed by atoms with Crippen LogP contribution in [-0.2, 0) is 16.1 Å². The van der Waals surface area contributed by atoms with Crippen LogP contribution < -0.4 is 5.32 Å². The van der Waals surface area contributed by atoms with Crippen molar-refractivity contribution in [3.8, 4) is 0 Å². The third-order valence-corrected chi connectivity index (χ3v) is 5.03. The maximum absolute atomic E-state index is 11.9. The molecular weight excluding hydrogens is 447 g/mol. The number of rotatable bonds is 6. The van der Waals surface area contributed by atoms with Crippen molar-refractivity contribution in [3.05, 3.63) is 17.5 Å². The molecule has 1 fully saturated rings. The van der Waals surface area contributed by atoms with E-state index in [-0.39, 0.29) is 41.8 Å². The maximum atomic E-state index is 11.9. The molecule has 8 heteroatoms. The Morgan fingerprint density at radius 3 is 2.73 bits per heavy atom. The first-order valence-electron chi connectivity index (χ1n) is 9.02. The first-order chi connectivity index (χ1) is 12.0. The molecule has 26 heavy (non-hydrogen) atoms. The predicted octanol–water partition coefficient (Wildman–Crippen LogP) is 3.01. The van der Waals surface area contributed by atoms with Crippen LogP contribution in [0.25, 0.3) is 0 Å². The zero-order valence-corrected chi connectivity index (χ0v) is 18.6. The Balaban J connectivity index is 0.00000338. The summed E-state index contributed by atoms with van der Waals surface area (Å²) in [6.07, 6.45) is 2.11. The molecule has 2 rings (SSSR count). The number of likely N-dealkylation sites (tertiary alicyclic amines) is 1. The molecule has 0 aliphatic carbocycles. The Labute approximate surface area is 172 Å². The lowest BCUT2D eigenvalue weighted by atomic mass is 9.99. The first kappa shape index (κ1) is 22.7. The molecule has 1 aliphatic heterocycles. The van der Waals surface area contributed by atoms with Gasteiger partial charge in [-0.2, -0.15) is 0 Å². The topological polar surface area (TPSA) is 80.0 Å². The zero-order chi connectivity index (χ0) is 18.4. The molecule has 148 valence electrons. The lowest BCUT2D eigenvalue weighted by Gasteiger charge is -2.20. The summed E-state index contributed by atoms with van der Waals surface area (Å²) in [6.45, 7) is 8.29. The van der Waals surface area contributed by atoms with Gasteiger partial charge >= 0.3 is 5.97 Å². The normalized spacial score (nSPS) is 20.2. The molecule has 0 spiro atoms. The summed E-state index contributed by atoms with van der Waals surface area (Å²) < 4.78 is 10.3. The third kappa shape index (κ3) is 5.34. The van der Waals surface area contributed by atoms with Crippen LogP contribution in [0.3, 0.4) is 0 Å². The molecule has 7 nitrogen and oxygen atoms in total. The first-order valence-corrected chi connectivity index (χ1v) is 9.02. The molecule has 1 N–H and O–H groups in total. The van der Waals surface area contributed by atoms with Gasteiger partial charge in [-0.3, -0.25) is 9.79 Å². The summed E-state index contributed by atoms with van der Waals surface area (Å²) in [5.74, 6) is 1.96. The van der Waals surface area contributed by atoms with E-state index < -0.39 is 0 Å². The van der Waals surface area contributed by atoms with E-state index in [2.05, 4.69) is 41.1 Å². The Hall–Kier alpha value is -1.32. The van der Waals surface area contributed by atoms with Gasteiger partial charge in [0, 0.05) is 32.1 Å². The molecule has 2 heterocycles. The summed E-state index contributed by atoms with van der Waals surface area (Å²) in [7, 11) is 3.18. The Kier molecular flexibility index (Phi) is 9.38. The van der Waals surface area contributed by atoms with Crippen LogP contribution in [0.1, 0.15) is 51.0 Å². The summed E-state index contributed by atoms with van der Waals surface area (Å²) in [6, 6.07) is 2.02. The van der Waals surface area contributed by atoms with Crippen molar-refractivity contribution >= 4 is 35.9 Å². The fraction of sp³-hybridized carbons (Fsp3) is 0.722. The second-order valence-corrected chi connectivity index (χ2v) is 6.64. The molecular formula is C18H31IN4O3. The fourth-order valence-electron chi connectivity index (χ4n) is 3.41. The van der Waals surface area contributed by atoms with Crippen LogP contribution in [-0.4, -0.2) is 49.2 Å². The highest BCUT2D eigenvalue weighted by molar-refractivity contribution is 14.0. The number of carbonyl (C=O) groups is 1. The van der Waals surface area contributed by atoms with Gasteiger partial charge in [0.05, 0.1) is 25.3 Å². The van der Waals surface area contributed by atoms with Gasteiger partial charge in [0.2, 0.25) is 0 Å². The molecule has 2 atom stereocenters. The number of aromatic nitrogens is 1. The molecule has 0 saturated carbocycles. The number of aliphatic imine (C=N–C) groups is 1. The minimum absolute atomic E-state index is 0. The number of hydrogen-bond acceptors (Lipinski definition) is 5. The number of guanidine groups is 1. The standard InChI is InChI=1S/C18H30N4O3.HI/c1-6-13(7-2)16-8-14(25-21-16)9-20-18(19-4)22-10-12(3)15(11-22)17(23)24-5;/h8,12-13,15H,6-7,9-11H2,1-5H3,(H,19,20);1H. The van der Waals surface area contributed by atoms with Gasteiger partial charge in [0.15, 0.2) is 11.7 Å². The minimum Gasteiger partial charge on any atom is -0.469 e. The number of ether oxygens (including phenoxy) is 1. The van der Waals surface area contributed by atoms with E-state index in [0.717, 1.165) is 36.8 Å². The molecule has 0 amide bonds. The third-order valence-electron chi connectivity index (χ3n) is 5.03. The van der Waals surface area contributed by atoms with Crippen molar-refractivity contribution in [2.75, 3.05) is 27.2 Å². The molecule has 1 saturated heterocycles. The van der Waals surface area contributed by atoms with Gasteiger partial charge in [-0.1, -0.05) is 25.9 Å². The van der Waals surface area contributed by atoms with E-state index in [1.165, 1.54) is 7.11 Å². The summed E-state index contributed by atoms with van der Waals surface area (Å²) >= 11 is 0. The van der Waals surface area contributed by atoms with Crippen molar-refractivity contribution in [1.82, 2.24) is 15.4 Å². The molecule has 0 radical (unpaired) electrons. The average Bonchev–Trinajstić information content (AvgIpc) is 3.23. The largest absolute Gasteiger partial charge is 0.469 e. The Morgan fingerprint density at radius 2 is 2.15 bits per heavy atom. The summed E-state index contributed by atoms with van der Waals surface area (Å²) in [4.78, 5) is 18.3. The highest BCUT2D eigenvalue weighted by atomic mass is 127. The van der Waals surface area contributed by atoms with Gasteiger partial charge in [0.1, 0.15) is 0 Å². The fourth-order valence-corrected chi connectivity index (χ4v) is 3.41. The summed E-state index contributed by atoms with van der Waals surface area (Å²) in [5, 5.41) is 7.49. The highest BCUT2D eigenvalue weighted by Gasteiger charge is 2.36. The number of nitrogens with zero attached hydrogens (tertiary/aromatic N) is 3. The number of nitrogens with one attached hydrogen (secondary N) is 1. The minimum atomic E-state index is -0.157. The number of carbonyl (C=O) groups excluding carboxylic acids is 1. The van der Waals surface area contributed by atoms with Gasteiger partial charge in [-0.15, -0.1) is 24.0 Å². The highest BCUT2D eigenvalue weighted by Crippen LogP contribution is 2.25. The number of halogens is 1. The lowest BCUT2D eigenvalue weighted by molar-refractivity contribution is -0.145.